The Labute approximate surface area is 115 Å². The van der Waals surface area contributed by atoms with Gasteiger partial charge in [-0.05, 0) is 0 Å². The zero-order valence-electron chi connectivity index (χ0n) is 2.84. The normalized spacial score (nSPS) is 0. The van der Waals surface area contributed by atoms with Gasteiger partial charge in [-0.2, -0.15) is 0 Å². The van der Waals surface area contributed by atoms with Gasteiger partial charge in [0, 0.05) is 0 Å². The Hall–Kier alpha value is 3.71. The maximum atomic E-state index is 0. The Morgan fingerprint density at radius 3 is 0.600 bits per heavy atom. The summed E-state index contributed by atoms with van der Waals surface area (Å²) in [5.74, 6) is 0. The third kappa shape index (κ3) is 18.3. The molecule has 0 unspecified atom stereocenters. The largest absolute Gasteiger partial charge is 2.00 e. The molecule has 0 amide bonds. The zero-order chi connectivity index (χ0) is 0. The summed E-state index contributed by atoms with van der Waals surface area (Å²) in [5.41, 5.74) is 0. The Morgan fingerprint density at radius 2 is 0.600 bits per heavy atom. The number of hydrogen-bond donors (Lipinski definition) is 0. The van der Waals surface area contributed by atoms with E-state index in [9.17, 15) is 0 Å². The van der Waals surface area contributed by atoms with E-state index >= 15 is 0 Å². The van der Waals surface area contributed by atoms with Crippen molar-refractivity contribution in [1.82, 2.24) is 0 Å². The molecule has 0 spiro atoms. The summed E-state index contributed by atoms with van der Waals surface area (Å²) in [6.45, 7) is 0. The molecule has 0 aliphatic rings. The van der Waals surface area contributed by atoms with E-state index in [0.717, 1.165) is 0 Å². The van der Waals surface area contributed by atoms with Crippen LogP contribution in [0, 0.1) is 0 Å². The van der Waals surface area contributed by atoms with Crippen LogP contribution in [0.25, 0.3) is 0 Å². The molecule has 0 saturated heterocycles. The molecule has 0 radical (unpaired) electrons. The van der Waals surface area contributed by atoms with Crippen molar-refractivity contribution in [3.63, 3.8) is 0 Å². The molecule has 0 bridgehead atoms. The smallest absolute Gasteiger partial charge is 1.00 e. The second kappa shape index (κ2) is 25.2. The summed E-state index contributed by atoms with van der Waals surface area (Å²) in [4.78, 5) is 0. The van der Waals surface area contributed by atoms with Gasteiger partial charge in [0.2, 0.25) is 0 Å². The molecule has 0 atom stereocenters. The van der Waals surface area contributed by atoms with Crippen molar-refractivity contribution >= 4 is 0 Å². The molecule has 0 heterocycles. The van der Waals surface area contributed by atoms with Crippen LogP contribution in [0.15, 0.2) is 0 Å². The number of hydrogen-bond acceptors (Lipinski definition) is 0. The predicted octanol–water partition coefficient (Wildman–Crippen LogP) is -12.0. The van der Waals surface area contributed by atoms with Gasteiger partial charge in [0.1, 0.15) is 0 Å². The average molecular weight is 500 g/mol. The molecule has 0 N–H and O–H groups in total. The van der Waals surface area contributed by atoms with E-state index in [-0.39, 0.29) is 118 Å². The third-order valence-corrected chi connectivity index (χ3v) is 0. The quantitative estimate of drug-likeness (QED) is 0.229. The van der Waals surface area contributed by atoms with Crippen LogP contribution < -0.4 is 90.8 Å². The van der Waals surface area contributed by atoms with Gasteiger partial charge in [-0.15, -0.1) is 0 Å². The van der Waals surface area contributed by atoms with E-state index in [1.807, 2.05) is 0 Å². The summed E-state index contributed by atoms with van der Waals surface area (Å²) in [6.07, 6.45) is 0. The molecule has 0 aromatic heterocycles. The molecule has 5 heavy (non-hydrogen) atoms. The van der Waals surface area contributed by atoms with Gasteiger partial charge in [0.15, 0.2) is 0 Å². The third-order valence-electron chi connectivity index (χ3n) is 0. The van der Waals surface area contributed by atoms with Crippen molar-refractivity contribution < 1.29 is 118 Å². The minimum absolute atomic E-state index is 0. The van der Waals surface area contributed by atoms with Crippen LogP contribution in [0.3, 0.4) is 0 Å². The number of halogens is 3. The van der Waals surface area contributed by atoms with E-state index in [4.69, 9.17) is 0 Å². The van der Waals surface area contributed by atoms with Crippen molar-refractivity contribution in [1.29, 1.82) is 0 Å². The molecular formula is CdI3Li. The van der Waals surface area contributed by atoms with Crippen molar-refractivity contribution in [2.45, 2.75) is 0 Å². The van der Waals surface area contributed by atoms with Gasteiger partial charge in [-0.3, -0.25) is 0 Å². The Bertz CT molecular complexity index is 6.85. The summed E-state index contributed by atoms with van der Waals surface area (Å²) >= 11 is 0. The minimum Gasteiger partial charge on any atom is -1.00 e. The van der Waals surface area contributed by atoms with Crippen LogP contribution >= 0.6 is 0 Å². The fourth-order valence-electron chi connectivity index (χ4n) is 0. The first-order chi connectivity index (χ1) is 0. The van der Waals surface area contributed by atoms with Gasteiger partial charge < -0.3 is 71.9 Å². The summed E-state index contributed by atoms with van der Waals surface area (Å²) in [7, 11) is 0. The molecule has 24 valence electrons. The summed E-state index contributed by atoms with van der Waals surface area (Å²) in [6, 6.07) is 0. The molecule has 5 heteroatoms. The van der Waals surface area contributed by atoms with Crippen molar-refractivity contribution in [2.24, 2.45) is 0 Å². The van der Waals surface area contributed by atoms with Crippen molar-refractivity contribution in [2.75, 3.05) is 0 Å². The Balaban J connectivity index is 0. The zero-order valence-corrected chi connectivity index (χ0v) is 13.3. The first kappa shape index (κ1) is 37.6. The van der Waals surface area contributed by atoms with Gasteiger partial charge >= 0.3 is 46.2 Å². The van der Waals surface area contributed by atoms with E-state index in [2.05, 4.69) is 0 Å². The summed E-state index contributed by atoms with van der Waals surface area (Å²) < 4.78 is 0. The topological polar surface area (TPSA) is 0 Å². The average Bonchev–Trinajstić information content (AvgIpc) is 0. The second-order valence-electron chi connectivity index (χ2n) is 0. The van der Waals surface area contributed by atoms with Gasteiger partial charge in [-0.25, -0.2) is 0 Å². The Kier molecular flexibility index (Phi) is 190. The maximum Gasteiger partial charge on any atom is 2.00 e. The van der Waals surface area contributed by atoms with Gasteiger partial charge in [0.25, 0.3) is 0 Å². The fourth-order valence-corrected chi connectivity index (χ4v) is 0. The molecule has 0 fully saturated rings. The molecular weight excluding hydrogens is 500 g/mol. The molecule has 0 rings (SSSR count). The first-order valence-electron chi connectivity index (χ1n) is 0. The van der Waals surface area contributed by atoms with Crippen LogP contribution in [0.2, 0.25) is 0 Å². The molecule has 0 aliphatic carbocycles. The van der Waals surface area contributed by atoms with Crippen LogP contribution in [0.1, 0.15) is 0 Å². The maximum absolute atomic E-state index is 0. The van der Waals surface area contributed by atoms with E-state index in [1.165, 1.54) is 0 Å². The van der Waals surface area contributed by atoms with Gasteiger partial charge in [0.05, 0.1) is 0 Å². The van der Waals surface area contributed by atoms with E-state index in [1.54, 1.807) is 0 Å². The SMILES string of the molecule is [Cd+2].[I-].[I-].[I-].[Li+]. The van der Waals surface area contributed by atoms with E-state index < -0.39 is 0 Å². The molecule has 0 aromatic rings. The van der Waals surface area contributed by atoms with Gasteiger partial charge in [-0.1, -0.05) is 0 Å². The van der Waals surface area contributed by atoms with Crippen molar-refractivity contribution in [3.05, 3.63) is 0 Å². The van der Waals surface area contributed by atoms with Crippen LogP contribution in [0.5, 0.6) is 0 Å². The Morgan fingerprint density at radius 1 is 0.600 bits per heavy atom. The minimum atomic E-state index is 0. The van der Waals surface area contributed by atoms with Crippen LogP contribution in [-0.2, 0) is 27.3 Å². The first-order valence-corrected chi connectivity index (χ1v) is 0. The van der Waals surface area contributed by atoms with E-state index in [0.29, 0.717) is 0 Å². The fraction of sp³-hybridized carbons (Fsp3) is 0. The standard InChI is InChI=1S/Cd.3HI.Li/h;3*1H;/q+2;;;;+1/p-3. The molecule has 0 aromatic carbocycles. The molecule has 0 saturated carbocycles. The number of rotatable bonds is 0. The summed E-state index contributed by atoms with van der Waals surface area (Å²) in [5, 5.41) is 0. The predicted molar refractivity (Wildman–Crippen MR) is 0 cm³/mol. The monoisotopic (exact) mass is 502 g/mol. The van der Waals surface area contributed by atoms with Crippen LogP contribution in [-0.4, -0.2) is 0 Å². The van der Waals surface area contributed by atoms with Crippen molar-refractivity contribution in [3.8, 4) is 0 Å². The second-order valence-corrected chi connectivity index (χ2v) is 0. The van der Waals surface area contributed by atoms with Crippen LogP contribution in [0.4, 0.5) is 0 Å². The molecule has 0 nitrogen and oxygen atoms in total. The molecule has 0 aliphatic heterocycles.